The Morgan fingerprint density at radius 3 is 2.37 bits per heavy atom. The highest BCUT2D eigenvalue weighted by Gasteiger charge is 2.23. The van der Waals surface area contributed by atoms with Crippen LogP contribution in [0, 0.1) is 0 Å². The summed E-state index contributed by atoms with van der Waals surface area (Å²) >= 11 is 6.23. The summed E-state index contributed by atoms with van der Waals surface area (Å²) in [7, 11) is 1.22. The molecule has 3 rings (SSSR count). The van der Waals surface area contributed by atoms with E-state index in [4.69, 9.17) is 21.1 Å². The summed E-state index contributed by atoms with van der Waals surface area (Å²) in [6.45, 7) is 0.530. The van der Waals surface area contributed by atoms with Crippen LogP contribution in [0.3, 0.4) is 0 Å². The van der Waals surface area contributed by atoms with E-state index in [-0.39, 0.29) is 22.1 Å². The van der Waals surface area contributed by atoms with E-state index < -0.39 is 5.97 Å². The first kappa shape index (κ1) is 21.5. The third kappa shape index (κ3) is 5.05. The number of phenols is 2. The molecule has 0 aliphatic rings. The van der Waals surface area contributed by atoms with Gasteiger partial charge >= 0.3 is 5.97 Å². The normalized spacial score (nSPS) is 10.6. The zero-order valence-corrected chi connectivity index (χ0v) is 17.4. The quantitative estimate of drug-likeness (QED) is 0.499. The van der Waals surface area contributed by atoms with Crippen LogP contribution in [-0.2, 0) is 24.0 Å². The van der Waals surface area contributed by atoms with Gasteiger partial charge < -0.3 is 19.7 Å². The zero-order chi connectivity index (χ0) is 21.5. The molecule has 6 heteroatoms. The van der Waals surface area contributed by atoms with Crippen LogP contribution in [0.4, 0.5) is 0 Å². The number of carbonyl (C=O) groups is 1. The number of halogens is 1. The van der Waals surface area contributed by atoms with Crippen LogP contribution < -0.4 is 4.74 Å². The smallest absolute Gasteiger partial charge is 0.341 e. The summed E-state index contributed by atoms with van der Waals surface area (Å²) < 4.78 is 10.7. The molecule has 0 amide bonds. The molecular weight excluding hydrogens is 404 g/mol. The average molecular weight is 427 g/mol. The van der Waals surface area contributed by atoms with Gasteiger partial charge in [-0.25, -0.2) is 4.79 Å². The number of benzene rings is 3. The molecule has 3 aromatic carbocycles. The number of rotatable bonds is 8. The second-order valence-corrected chi connectivity index (χ2v) is 7.14. The Morgan fingerprint density at radius 1 is 0.933 bits per heavy atom. The Balaban J connectivity index is 1.76. The lowest BCUT2D eigenvalue weighted by molar-refractivity contribution is 0.0596. The number of phenolic OH excluding ortho intramolecular Hbond substituents is 2. The fraction of sp³-hybridized carbons (Fsp3) is 0.208. The molecule has 0 aliphatic heterocycles. The van der Waals surface area contributed by atoms with Crippen LogP contribution >= 0.6 is 11.6 Å². The maximum absolute atomic E-state index is 12.1. The molecule has 0 atom stereocenters. The van der Waals surface area contributed by atoms with E-state index in [0.29, 0.717) is 25.0 Å². The highest BCUT2D eigenvalue weighted by molar-refractivity contribution is 6.33. The molecule has 5 nitrogen and oxygen atoms in total. The van der Waals surface area contributed by atoms with Gasteiger partial charge in [0.2, 0.25) is 0 Å². The van der Waals surface area contributed by atoms with Crippen molar-refractivity contribution in [3.8, 4) is 17.2 Å². The first-order valence-electron chi connectivity index (χ1n) is 9.57. The first-order chi connectivity index (χ1) is 14.5. The van der Waals surface area contributed by atoms with Gasteiger partial charge in [0.05, 0.1) is 18.7 Å². The van der Waals surface area contributed by atoms with Crippen molar-refractivity contribution in [2.45, 2.75) is 19.3 Å². The Bertz CT molecular complexity index is 1020. The minimum absolute atomic E-state index is 0.0238. The van der Waals surface area contributed by atoms with Crippen LogP contribution in [0.5, 0.6) is 17.2 Å². The Hall–Kier alpha value is -3.18. The molecule has 0 radical (unpaired) electrons. The van der Waals surface area contributed by atoms with E-state index >= 15 is 0 Å². The number of ether oxygens (including phenoxy) is 2. The van der Waals surface area contributed by atoms with Gasteiger partial charge in [0.25, 0.3) is 0 Å². The van der Waals surface area contributed by atoms with Crippen LogP contribution in [0.15, 0.2) is 60.7 Å². The van der Waals surface area contributed by atoms with Crippen molar-refractivity contribution in [1.82, 2.24) is 0 Å². The molecule has 156 valence electrons. The SMILES string of the molecule is COC(=O)c1c(O)cc(O)c(Cl)c1CCc1ccccc1OCCc1ccccc1. The van der Waals surface area contributed by atoms with Crippen LogP contribution in [0.2, 0.25) is 5.02 Å². The molecule has 0 spiro atoms. The minimum Gasteiger partial charge on any atom is -0.507 e. The molecule has 2 N–H and O–H groups in total. The fourth-order valence-electron chi connectivity index (χ4n) is 3.28. The van der Waals surface area contributed by atoms with Gasteiger partial charge in [-0.05, 0) is 35.6 Å². The van der Waals surface area contributed by atoms with Gasteiger partial charge in [0.15, 0.2) is 0 Å². The molecule has 3 aromatic rings. The van der Waals surface area contributed by atoms with Crippen molar-refractivity contribution >= 4 is 17.6 Å². The molecular formula is C24H23ClO5. The second kappa shape index (κ2) is 10.0. The molecule has 0 saturated carbocycles. The third-order valence-electron chi connectivity index (χ3n) is 4.82. The van der Waals surface area contributed by atoms with Crippen molar-refractivity contribution < 1.29 is 24.5 Å². The van der Waals surface area contributed by atoms with Gasteiger partial charge in [-0.3, -0.25) is 0 Å². The topological polar surface area (TPSA) is 76.0 Å². The van der Waals surface area contributed by atoms with Crippen molar-refractivity contribution in [2.24, 2.45) is 0 Å². The highest BCUT2D eigenvalue weighted by Crippen LogP contribution is 2.37. The average Bonchev–Trinajstić information content (AvgIpc) is 2.76. The number of carbonyl (C=O) groups excluding carboxylic acids is 1. The van der Waals surface area contributed by atoms with Crippen LogP contribution in [0.1, 0.15) is 27.0 Å². The number of esters is 1. The van der Waals surface area contributed by atoms with Gasteiger partial charge in [0, 0.05) is 12.5 Å². The molecule has 0 aliphatic carbocycles. The van der Waals surface area contributed by atoms with Crippen molar-refractivity contribution in [3.05, 3.63) is 87.9 Å². The second-order valence-electron chi connectivity index (χ2n) is 6.77. The van der Waals surface area contributed by atoms with E-state index in [0.717, 1.165) is 23.8 Å². The van der Waals surface area contributed by atoms with Gasteiger partial charge in [-0.1, -0.05) is 60.1 Å². The summed E-state index contributed by atoms with van der Waals surface area (Å²) in [5.41, 5.74) is 2.42. The third-order valence-corrected chi connectivity index (χ3v) is 5.24. The number of hydrogen-bond acceptors (Lipinski definition) is 5. The number of para-hydroxylation sites is 1. The van der Waals surface area contributed by atoms with Crippen LogP contribution in [0.25, 0.3) is 0 Å². The van der Waals surface area contributed by atoms with Gasteiger partial charge in [-0.2, -0.15) is 0 Å². The number of aryl methyl sites for hydroxylation is 1. The van der Waals surface area contributed by atoms with Crippen molar-refractivity contribution in [2.75, 3.05) is 13.7 Å². The van der Waals surface area contributed by atoms with Gasteiger partial charge in [0.1, 0.15) is 22.8 Å². The Kier molecular flexibility index (Phi) is 7.20. The lowest BCUT2D eigenvalue weighted by Crippen LogP contribution is -2.09. The first-order valence-corrected chi connectivity index (χ1v) is 9.95. The maximum atomic E-state index is 12.1. The summed E-state index contributed by atoms with van der Waals surface area (Å²) in [5, 5.41) is 20.1. The largest absolute Gasteiger partial charge is 0.507 e. The zero-order valence-electron chi connectivity index (χ0n) is 16.6. The standard InChI is InChI=1S/C24H23ClO5/c1-29-24(28)22-18(23(25)20(27)15-19(22)26)12-11-17-9-5-6-10-21(17)30-14-13-16-7-3-2-4-8-16/h2-10,15,26-27H,11-14H2,1H3. The monoisotopic (exact) mass is 426 g/mol. The fourth-order valence-corrected chi connectivity index (χ4v) is 3.53. The highest BCUT2D eigenvalue weighted by atomic mass is 35.5. The molecule has 30 heavy (non-hydrogen) atoms. The predicted octanol–water partition coefficient (Wildman–Crippen LogP) is 4.94. The maximum Gasteiger partial charge on any atom is 0.341 e. The number of aromatic hydroxyl groups is 2. The van der Waals surface area contributed by atoms with E-state index in [9.17, 15) is 15.0 Å². The van der Waals surface area contributed by atoms with Crippen molar-refractivity contribution in [1.29, 1.82) is 0 Å². The molecule has 0 heterocycles. The Labute approximate surface area is 180 Å². The summed E-state index contributed by atoms with van der Waals surface area (Å²) in [5.74, 6) is -0.624. The van der Waals surface area contributed by atoms with Crippen molar-refractivity contribution in [3.63, 3.8) is 0 Å². The summed E-state index contributed by atoms with van der Waals surface area (Å²) in [6, 6.07) is 18.8. The van der Waals surface area contributed by atoms with Gasteiger partial charge in [-0.15, -0.1) is 0 Å². The van der Waals surface area contributed by atoms with Crippen LogP contribution in [-0.4, -0.2) is 29.9 Å². The lowest BCUT2D eigenvalue weighted by Gasteiger charge is -2.15. The van der Waals surface area contributed by atoms with E-state index in [1.807, 2.05) is 42.5 Å². The number of methoxy groups -OCH3 is 1. The summed E-state index contributed by atoms with van der Waals surface area (Å²) in [4.78, 5) is 12.1. The number of hydrogen-bond donors (Lipinski definition) is 2. The molecule has 0 bridgehead atoms. The minimum atomic E-state index is -0.711. The van der Waals surface area contributed by atoms with E-state index in [1.165, 1.54) is 12.7 Å². The molecule has 0 aromatic heterocycles. The predicted molar refractivity (Wildman–Crippen MR) is 116 cm³/mol. The molecule has 0 fully saturated rings. The van der Waals surface area contributed by atoms with E-state index in [2.05, 4.69) is 12.1 Å². The lowest BCUT2D eigenvalue weighted by atomic mass is 9.98. The molecule has 0 saturated heterocycles. The molecule has 0 unspecified atom stereocenters. The summed E-state index contributed by atoms with van der Waals surface area (Å²) in [6.07, 6.45) is 1.59. The Morgan fingerprint density at radius 2 is 1.63 bits per heavy atom. The van der Waals surface area contributed by atoms with E-state index in [1.54, 1.807) is 0 Å².